The van der Waals surface area contributed by atoms with Crippen LogP contribution in [0.25, 0.3) is 0 Å². The summed E-state index contributed by atoms with van der Waals surface area (Å²) in [6, 6.07) is 16.2. The third-order valence-corrected chi connectivity index (χ3v) is 3.79. The molecule has 0 aromatic heterocycles. The Morgan fingerprint density at radius 3 is 2.30 bits per heavy atom. The normalized spacial score (nSPS) is 11.1. The number of halogens is 1. The summed E-state index contributed by atoms with van der Waals surface area (Å²) in [6.07, 6.45) is 0.175. The summed E-state index contributed by atoms with van der Waals surface area (Å²) in [6.45, 7) is 0. The Labute approximate surface area is 142 Å². The number of carboxylic acid groups (broad SMARTS) is 1. The number of carbonyl (C=O) groups excluding carboxylic acids is 1. The number of benzene rings is 2. The van der Waals surface area contributed by atoms with Gasteiger partial charge in [0, 0.05) is 10.9 Å². The molecule has 0 atom stereocenters. The average molecular weight is 375 g/mol. The van der Waals surface area contributed by atoms with Crippen LogP contribution in [-0.4, -0.2) is 22.7 Å². The van der Waals surface area contributed by atoms with Crippen molar-refractivity contribution < 1.29 is 14.7 Å². The lowest BCUT2D eigenvalue weighted by atomic mass is 10.1. The van der Waals surface area contributed by atoms with Gasteiger partial charge in [-0.15, -0.1) is 0 Å². The van der Waals surface area contributed by atoms with Gasteiger partial charge in [0.15, 0.2) is 0 Å². The van der Waals surface area contributed by atoms with Gasteiger partial charge in [0.1, 0.15) is 0 Å². The lowest BCUT2D eigenvalue weighted by Crippen LogP contribution is -2.21. The highest BCUT2D eigenvalue weighted by Gasteiger charge is 2.10. The number of aliphatic carboxylic acids is 1. The fraction of sp³-hybridized carbons (Fsp3) is 0.118. The summed E-state index contributed by atoms with van der Waals surface area (Å²) in [5.74, 6) is -1.27. The predicted molar refractivity (Wildman–Crippen MR) is 91.5 cm³/mol. The number of amides is 1. The minimum atomic E-state index is -0.911. The molecule has 0 aliphatic heterocycles. The second-order valence-electron chi connectivity index (χ2n) is 4.74. The maximum atomic E-state index is 12.2. The van der Waals surface area contributed by atoms with Crippen LogP contribution in [0.3, 0.4) is 0 Å². The number of nitrogens with one attached hydrogen (secondary N) is 1. The molecule has 0 unspecified atom stereocenters. The van der Waals surface area contributed by atoms with E-state index in [4.69, 9.17) is 5.11 Å². The van der Waals surface area contributed by atoms with Crippen LogP contribution >= 0.6 is 15.9 Å². The molecule has 2 aromatic carbocycles. The SMILES string of the molecule is O=C(O)CCC(=NNC(=O)c1ccccc1Br)c1ccccc1. The first-order valence-corrected chi connectivity index (χ1v) is 7.76. The Morgan fingerprint density at radius 1 is 1.00 bits per heavy atom. The average Bonchev–Trinajstić information content (AvgIpc) is 2.55. The van der Waals surface area contributed by atoms with Gasteiger partial charge in [0.2, 0.25) is 0 Å². The minimum absolute atomic E-state index is 0.0569. The molecule has 0 aliphatic carbocycles. The highest BCUT2D eigenvalue weighted by molar-refractivity contribution is 9.10. The van der Waals surface area contributed by atoms with Gasteiger partial charge in [-0.2, -0.15) is 5.10 Å². The van der Waals surface area contributed by atoms with E-state index in [1.807, 2.05) is 36.4 Å². The first kappa shape index (κ1) is 16.9. The molecule has 5 nitrogen and oxygen atoms in total. The van der Waals surface area contributed by atoms with Gasteiger partial charge in [0.25, 0.3) is 5.91 Å². The molecular weight excluding hydrogens is 360 g/mol. The van der Waals surface area contributed by atoms with Gasteiger partial charge >= 0.3 is 5.97 Å². The van der Waals surface area contributed by atoms with Crippen LogP contribution < -0.4 is 5.43 Å². The summed E-state index contributed by atoms with van der Waals surface area (Å²) < 4.78 is 0.666. The number of hydrogen-bond donors (Lipinski definition) is 2. The largest absolute Gasteiger partial charge is 0.481 e. The molecule has 0 saturated heterocycles. The molecule has 0 aliphatic rings. The topological polar surface area (TPSA) is 78.8 Å². The van der Waals surface area contributed by atoms with Crippen LogP contribution in [0.2, 0.25) is 0 Å². The molecule has 6 heteroatoms. The third kappa shape index (κ3) is 5.03. The van der Waals surface area contributed by atoms with Crippen molar-refractivity contribution in [2.24, 2.45) is 5.10 Å². The predicted octanol–water partition coefficient (Wildman–Crippen LogP) is 3.45. The number of nitrogens with zero attached hydrogens (tertiary/aromatic N) is 1. The molecule has 2 aromatic rings. The van der Waals surface area contributed by atoms with E-state index in [0.717, 1.165) is 5.56 Å². The lowest BCUT2D eigenvalue weighted by Gasteiger charge is -2.07. The minimum Gasteiger partial charge on any atom is -0.481 e. The fourth-order valence-electron chi connectivity index (χ4n) is 1.94. The number of hydrazone groups is 1. The van der Waals surface area contributed by atoms with Crippen molar-refractivity contribution in [3.63, 3.8) is 0 Å². The van der Waals surface area contributed by atoms with E-state index in [9.17, 15) is 9.59 Å². The zero-order valence-corrected chi connectivity index (χ0v) is 13.8. The number of carbonyl (C=O) groups is 2. The first-order chi connectivity index (χ1) is 11.1. The monoisotopic (exact) mass is 374 g/mol. The van der Waals surface area contributed by atoms with Crippen LogP contribution in [-0.2, 0) is 4.79 Å². The molecule has 2 rings (SSSR count). The van der Waals surface area contributed by atoms with Gasteiger partial charge < -0.3 is 5.11 Å². The van der Waals surface area contributed by atoms with E-state index in [0.29, 0.717) is 15.7 Å². The fourth-order valence-corrected chi connectivity index (χ4v) is 2.41. The maximum Gasteiger partial charge on any atom is 0.303 e. The zero-order chi connectivity index (χ0) is 16.7. The maximum absolute atomic E-state index is 12.2. The molecule has 0 saturated carbocycles. The van der Waals surface area contributed by atoms with Crippen molar-refractivity contribution in [1.82, 2.24) is 5.43 Å². The van der Waals surface area contributed by atoms with Crippen molar-refractivity contribution in [3.8, 4) is 0 Å². The van der Waals surface area contributed by atoms with E-state index >= 15 is 0 Å². The molecular formula is C17H15BrN2O3. The van der Waals surface area contributed by atoms with Crippen LogP contribution in [0.15, 0.2) is 64.2 Å². The van der Waals surface area contributed by atoms with Crippen LogP contribution in [0.5, 0.6) is 0 Å². The Morgan fingerprint density at radius 2 is 1.65 bits per heavy atom. The molecule has 2 N–H and O–H groups in total. The Hall–Kier alpha value is -2.47. The van der Waals surface area contributed by atoms with Crippen LogP contribution in [0.4, 0.5) is 0 Å². The highest BCUT2D eigenvalue weighted by Crippen LogP contribution is 2.15. The molecule has 1 amide bonds. The van der Waals surface area contributed by atoms with Crippen molar-refractivity contribution >= 4 is 33.5 Å². The van der Waals surface area contributed by atoms with Gasteiger partial charge in [-0.05, 0) is 33.6 Å². The van der Waals surface area contributed by atoms with Crippen molar-refractivity contribution in [1.29, 1.82) is 0 Å². The van der Waals surface area contributed by atoms with Gasteiger partial charge in [-0.25, -0.2) is 5.43 Å². The van der Waals surface area contributed by atoms with Gasteiger partial charge in [0.05, 0.1) is 17.7 Å². The number of carboxylic acids is 1. The zero-order valence-electron chi connectivity index (χ0n) is 12.2. The second kappa shape index (κ2) is 8.24. The first-order valence-electron chi connectivity index (χ1n) is 6.96. The second-order valence-corrected chi connectivity index (χ2v) is 5.59. The third-order valence-electron chi connectivity index (χ3n) is 3.09. The van der Waals surface area contributed by atoms with E-state index in [1.54, 1.807) is 18.2 Å². The highest BCUT2D eigenvalue weighted by atomic mass is 79.9. The molecule has 0 heterocycles. The molecule has 0 bridgehead atoms. The summed E-state index contributed by atoms with van der Waals surface area (Å²) in [7, 11) is 0. The van der Waals surface area contributed by atoms with Crippen molar-refractivity contribution in [3.05, 3.63) is 70.2 Å². The Balaban J connectivity index is 2.18. The summed E-state index contributed by atoms with van der Waals surface area (Å²) >= 11 is 3.31. The van der Waals surface area contributed by atoms with Crippen LogP contribution in [0, 0.1) is 0 Å². The summed E-state index contributed by atoms with van der Waals surface area (Å²) in [5.41, 5.74) is 4.25. The van der Waals surface area contributed by atoms with E-state index in [2.05, 4.69) is 26.5 Å². The quantitative estimate of drug-likeness (QED) is 0.600. The molecule has 0 fully saturated rings. The van der Waals surface area contributed by atoms with E-state index in [1.165, 1.54) is 0 Å². The number of hydrogen-bond acceptors (Lipinski definition) is 3. The molecule has 0 radical (unpaired) electrons. The molecule has 23 heavy (non-hydrogen) atoms. The lowest BCUT2D eigenvalue weighted by molar-refractivity contribution is -0.136. The summed E-state index contributed by atoms with van der Waals surface area (Å²) in [4.78, 5) is 23.0. The Kier molecular flexibility index (Phi) is 6.05. The molecule has 118 valence electrons. The van der Waals surface area contributed by atoms with Crippen LogP contribution in [0.1, 0.15) is 28.8 Å². The Bertz CT molecular complexity index is 730. The van der Waals surface area contributed by atoms with Crippen molar-refractivity contribution in [2.45, 2.75) is 12.8 Å². The van der Waals surface area contributed by atoms with E-state index in [-0.39, 0.29) is 18.7 Å². The summed E-state index contributed by atoms with van der Waals surface area (Å²) in [5, 5.41) is 13.0. The van der Waals surface area contributed by atoms with Gasteiger partial charge in [-0.3, -0.25) is 9.59 Å². The molecule has 0 spiro atoms. The van der Waals surface area contributed by atoms with Gasteiger partial charge in [-0.1, -0.05) is 42.5 Å². The van der Waals surface area contributed by atoms with E-state index < -0.39 is 5.97 Å². The smallest absolute Gasteiger partial charge is 0.303 e. The standard InChI is InChI=1S/C17H15BrN2O3/c18-14-9-5-4-8-13(14)17(23)20-19-15(10-11-16(21)22)12-6-2-1-3-7-12/h1-9H,10-11H2,(H,20,23)(H,21,22). The number of rotatable bonds is 6. The van der Waals surface area contributed by atoms with Crippen molar-refractivity contribution in [2.75, 3.05) is 0 Å².